The number of hydrogen-bond acceptors (Lipinski definition) is 7. The molecule has 2 spiro atoms. The number of morpholine rings is 1. The summed E-state index contributed by atoms with van der Waals surface area (Å²) in [6.45, 7) is 26.2. The minimum Gasteiger partial charge on any atom is -0.411 e. The van der Waals surface area contributed by atoms with Crippen LogP contribution in [-0.2, 0) is 18.6 Å². The van der Waals surface area contributed by atoms with Crippen LogP contribution in [0.5, 0.6) is 0 Å². The molecule has 52 heavy (non-hydrogen) atoms. The van der Waals surface area contributed by atoms with E-state index in [1.165, 1.54) is 57.8 Å². The lowest BCUT2D eigenvalue weighted by Gasteiger charge is -2.64. The quantitative estimate of drug-likeness (QED) is 0.217. The number of rotatable bonds is 10. The van der Waals surface area contributed by atoms with E-state index in [0.29, 0.717) is 34.5 Å². The molecule has 0 aromatic rings. The Balaban J connectivity index is 1.10. The van der Waals surface area contributed by atoms with Gasteiger partial charge in [-0.05, 0) is 142 Å². The van der Waals surface area contributed by atoms with Crippen molar-refractivity contribution in [3.8, 4) is 0 Å². The van der Waals surface area contributed by atoms with Gasteiger partial charge in [0.2, 0.25) is 0 Å². The fourth-order valence-electron chi connectivity index (χ4n) is 15.6. The molecule has 2 heterocycles. The third-order valence-electron chi connectivity index (χ3n) is 19.1. The van der Waals surface area contributed by atoms with Crippen LogP contribution in [0, 0.1) is 50.7 Å². The standard InChI is InChI=1S/C44H77NO6Si/c1-11-52(12-2,13-3)51-38-36-35(28(4)25-30(49-36)37(46)40(7,8)47)41(9)21-22-44-27-43(44)20-19-33(39(5,6)31(43)17-18-32(44)42(38,41)10)50-34-26-45(23-24-48-34)29-15-14-16-29/h28-38,46-47H,11-27H2,1-10H3/t28-,30-,31+,32+,33+,34+,35+,36+,37+,38+,41-,42-,43?,44+/m1/s1. The maximum Gasteiger partial charge on any atom is 0.192 e. The normalized spacial score (nSPS) is 49.5. The minimum atomic E-state index is -2.01. The van der Waals surface area contributed by atoms with E-state index in [0.717, 1.165) is 56.7 Å². The zero-order valence-electron chi connectivity index (χ0n) is 34.8. The molecular formula is C44H77NO6Si. The van der Waals surface area contributed by atoms with E-state index in [-0.39, 0.29) is 47.0 Å². The van der Waals surface area contributed by atoms with Gasteiger partial charge in [-0.1, -0.05) is 61.8 Å². The maximum atomic E-state index is 11.5. The number of fused-ring (bicyclic) bond motifs is 4. The van der Waals surface area contributed by atoms with Crippen molar-refractivity contribution in [1.82, 2.24) is 4.90 Å². The molecule has 0 amide bonds. The molecule has 0 aromatic heterocycles. The molecule has 0 bridgehead atoms. The first-order valence-corrected chi connectivity index (χ1v) is 24.7. The van der Waals surface area contributed by atoms with Crippen LogP contribution in [-0.4, -0.2) is 91.6 Å². The first-order chi connectivity index (χ1) is 24.5. The van der Waals surface area contributed by atoms with Gasteiger partial charge in [0, 0.05) is 24.5 Å². The van der Waals surface area contributed by atoms with Crippen LogP contribution >= 0.6 is 0 Å². The van der Waals surface area contributed by atoms with Gasteiger partial charge in [-0.15, -0.1) is 0 Å². The van der Waals surface area contributed by atoms with Gasteiger partial charge in [-0.3, -0.25) is 4.90 Å². The lowest BCUT2D eigenvalue weighted by atomic mass is 9.41. The third-order valence-corrected chi connectivity index (χ3v) is 23.7. The average Bonchev–Trinajstić information content (AvgIpc) is 3.70. The van der Waals surface area contributed by atoms with E-state index in [4.69, 9.17) is 18.6 Å². The summed E-state index contributed by atoms with van der Waals surface area (Å²) >= 11 is 0. The second kappa shape index (κ2) is 13.0. The van der Waals surface area contributed by atoms with Crippen molar-refractivity contribution in [3.63, 3.8) is 0 Å². The Morgan fingerprint density at radius 2 is 1.60 bits per heavy atom. The van der Waals surface area contributed by atoms with E-state index in [1.54, 1.807) is 13.8 Å². The first kappa shape index (κ1) is 38.8. The van der Waals surface area contributed by atoms with E-state index < -0.39 is 20.0 Å². The Bertz CT molecular complexity index is 1320. The molecule has 8 fully saturated rings. The number of hydrogen-bond donors (Lipinski definition) is 2. The molecule has 2 N–H and O–H groups in total. The van der Waals surface area contributed by atoms with Crippen molar-refractivity contribution in [1.29, 1.82) is 0 Å². The molecular weight excluding hydrogens is 667 g/mol. The molecule has 8 rings (SSSR count). The van der Waals surface area contributed by atoms with Crippen molar-refractivity contribution in [2.24, 2.45) is 50.7 Å². The third kappa shape index (κ3) is 5.32. The highest BCUT2D eigenvalue weighted by molar-refractivity contribution is 6.73. The van der Waals surface area contributed by atoms with Crippen LogP contribution in [0.3, 0.4) is 0 Å². The zero-order chi connectivity index (χ0) is 37.3. The van der Waals surface area contributed by atoms with Gasteiger partial charge in [-0.2, -0.15) is 0 Å². The van der Waals surface area contributed by atoms with Crippen molar-refractivity contribution in [3.05, 3.63) is 0 Å². The molecule has 2 saturated heterocycles. The Morgan fingerprint density at radius 1 is 0.923 bits per heavy atom. The molecule has 6 saturated carbocycles. The second-order valence-electron chi connectivity index (χ2n) is 21.5. The summed E-state index contributed by atoms with van der Waals surface area (Å²) in [6.07, 6.45) is 12.6. The highest BCUT2D eigenvalue weighted by Crippen LogP contribution is 2.89. The van der Waals surface area contributed by atoms with Crippen LogP contribution in [0.15, 0.2) is 0 Å². The van der Waals surface area contributed by atoms with Crippen LogP contribution in [0.4, 0.5) is 0 Å². The summed E-state index contributed by atoms with van der Waals surface area (Å²) < 4.78 is 28.5. The Morgan fingerprint density at radius 3 is 2.23 bits per heavy atom. The van der Waals surface area contributed by atoms with Crippen LogP contribution in [0.2, 0.25) is 18.1 Å². The fourth-order valence-corrected chi connectivity index (χ4v) is 18.5. The van der Waals surface area contributed by atoms with Crippen LogP contribution in [0.1, 0.15) is 140 Å². The summed E-state index contributed by atoms with van der Waals surface area (Å²) in [7, 11) is -2.01. The Labute approximate surface area is 318 Å². The topological polar surface area (TPSA) is 80.6 Å². The molecule has 8 heteroatoms. The van der Waals surface area contributed by atoms with E-state index >= 15 is 0 Å². The molecule has 2 aliphatic heterocycles. The first-order valence-electron chi connectivity index (χ1n) is 22.2. The summed E-state index contributed by atoms with van der Waals surface area (Å²) in [4.78, 5) is 2.65. The highest BCUT2D eigenvalue weighted by atomic mass is 28.4. The Kier molecular flexibility index (Phi) is 9.68. The summed E-state index contributed by atoms with van der Waals surface area (Å²) in [5, 5.41) is 22.4. The molecule has 6 aliphatic carbocycles. The van der Waals surface area contributed by atoms with Crippen molar-refractivity contribution < 1.29 is 28.8 Å². The summed E-state index contributed by atoms with van der Waals surface area (Å²) in [5.41, 5.74) is -0.230. The molecule has 0 radical (unpaired) electrons. The van der Waals surface area contributed by atoms with Gasteiger partial charge in [0.1, 0.15) is 6.10 Å². The predicted octanol–water partition coefficient (Wildman–Crippen LogP) is 8.56. The summed E-state index contributed by atoms with van der Waals surface area (Å²) in [5.74, 6) is 2.08. The minimum absolute atomic E-state index is 0.00589. The number of aliphatic hydroxyl groups is 2. The van der Waals surface area contributed by atoms with Crippen LogP contribution in [0.25, 0.3) is 0 Å². The smallest absolute Gasteiger partial charge is 0.192 e. The monoisotopic (exact) mass is 744 g/mol. The maximum absolute atomic E-state index is 11.5. The van der Waals surface area contributed by atoms with Crippen molar-refractivity contribution >= 4 is 8.32 Å². The molecule has 7 nitrogen and oxygen atoms in total. The second-order valence-corrected chi connectivity index (χ2v) is 26.2. The number of aliphatic hydroxyl groups excluding tert-OH is 1. The van der Waals surface area contributed by atoms with Crippen molar-refractivity contribution in [2.45, 2.75) is 206 Å². The molecule has 14 atom stereocenters. The molecule has 8 aliphatic rings. The largest absolute Gasteiger partial charge is 0.411 e. The van der Waals surface area contributed by atoms with Gasteiger partial charge in [0.15, 0.2) is 14.6 Å². The van der Waals surface area contributed by atoms with Gasteiger partial charge >= 0.3 is 0 Å². The summed E-state index contributed by atoms with van der Waals surface area (Å²) in [6, 6.07) is 4.14. The average molecular weight is 744 g/mol. The van der Waals surface area contributed by atoms with Crippen molar-refractivity contribution in [2.75, 3.05) is 19.7 Å². The van der Waals surface area contributed by atoms with E-state index in [9.17, 15) is 10.2 Å². The lowest BCUT2D eigenvalue weighted by Crippen LogP contribution is -2.61. The zero-order valence-corrected chi connectivity index (χ0v) is 35.8. The van der Waals surface area contributed by atoms with Gasteiger partial charge in [0.25, 0.3) is 0 Å². The fraction of sp³-hybridized carbons (Fsp3) is 1.00. The van der Waals surface area contributed by atoms with Gasteiger partial charge in [0.05, 0.1) is 36.6 Å². The lowest BCUT2D eigenvalue weighted by molar-refractivity contribution is -0.252. The van der Waals surface area contributed by atoms with Gasteiger partial charge < -0.3 is 28.8 Å². The van der Waals surface area contributed by atoms with E-state index in [1.807, 2.05) is 0 Å². The molecule has 0 aromatic carbocycles. The van der Waals surface area contributed by atoms with Crippen LogP contribution < -0.4 is 0 Å². The predicted molar refractivity (Wildman–Crippen MR) is 208 cm³/mol. The van der Waals surface area contributed by atoms with E-state index in [2.05, 4.69) is 60.3 Å². The number of nitrogens with zero attached hydrogens (tertiary/aromatic N) is 1. The highest BCUT2D eigenvalue weighted by Gasteiger charge is 2.85. The number of ether oxygens (including phenoxy) is 3. The van der Waals surface area contributed by atoms with Gasteiger partial charge in [-0.25, -0.2) is 0 Å². The SMILES string of the molecule is CC[Si](CC)(CC)O[C@H]1[C@H]2O[C@@H]([C@H](O)C(C)(C)O)C[C@@H](C)[C@@H]2[C@@]2(C)CC[C@@]34CC35CC[C@H](O[C@H]3CN(C6CCC6)CCO3)C(C)(C)[C@@H]5CC[C@H]4[C@]12C. The Hall–Kier alpha value is -0.0631. The molecule has 1 unspecified atom stereocenters. The molecule has 298 valence electrons.